The summed E-state index contributed by atoms with van der Waals surface area (Å²) in [6.45, 7) is 4.25. The Kier molecular flexibility index (Phi) is 4.83. The first-order valence-corrected chi connectivity index (χ1v) is 8.59. The van der Waals surface area contributed by atoms with Crippen LogP contribution in [-0.2, 0) is 9.53 Å². The molecule has 7 nitrogen and oxygen atoms in total. The van der Waals surface area contributed by atoms with E-state index in [9.17, 15) is 4.79 Å². The molecule has 0 aromatic carbocycles. The Labute approximate surface area is 145 Å². The zero-order valence-electron chi connectivity index (χ0n) is 14.5. The Hall–Kier alpha value is -2.70. The third-order valence-electron chi connectivity index (χ3n) is 4.80. The van der Waals surface area contributed by atoms with Crippen LogP contribution in [0, 0.1) is 22.7 Å². The molecule has 0 saturated heterocycles. The van der Waals surface area contributed by atoms with Gasteiger partial charge in [-0.3, -0.25) is 15.4 Å². The molecule has 3 N–H and O–H groups in total. The number of esters is 1. The van der Waals surface area contributed by atoms with Crippen LogP contribution >= 0.6 is 0 Å². The maximum atomic E-state index is 11.7. The third kappa shape index (κ3) is 3.26. The summed E-state index contributed by atoms with van der Waals surface area (Å²) in [5.74, 6) is 0.323. The van der Waals surface area contributed by atoms with Crippen molar-refractivity contribution in [2.75, 3.05) is 6.61 Å². The molecular formula is C18H23N5O2. The lowest BCUT2D eigenvalue weighted by atomic mass is 9.92. The van der Waals surface area contributed by atoms with Gasteiger partial charge in [-0.1, -0.05) is 18.9 Å². The van der Waals surface area contributed by atoms with Crippen molar-refractivity contribution in [3.63, 3.8) is 0 Å². The van der Waals surface area contributed by atoms with Crippen LogP contribution in [0.25, 0.3) is 11.2 Å². The number of rotatable bonds is 4. The average molecular weight is 341 g/mol. The van der Waals surface area contributed by atoms with Crippen LogP contribution in [0.1, 0.15) is 33.1 Å². The fourth-order valence-electron chi connectivity index (χ4n) is 3.60. The van der Waals surface area contributed by atoms with Gasteiger partial charge in [-0.15, -0.1) is 0 Å². The van der Waals surface area contributed by atoms with E-state index in [-0.39, 0.29) is 23.3 Å². The maximum Gasteiger partial charge on any atom is 0.330 e. The van der Waals surface area contributed by atoms with Gasteiger partial charge in [0.15, 0.2) is 5.65 Å². The highest BCUT2D eigenvalue weighted by atomic mass is 16.5. The molecular weight excluding hydrogens is 318 g/mol. The number of hydrogen-bond acceptors (Lipinski definition) is 5. The van der Waals surface area contributed by atoms with Gasteiger partial charge in [0.25, 0.3) is 0 Å². The lowest BCUT2D eigenvalue weighted by molar-refractivity contribution is -0.137. The lowest BCUT2D eigenvalue weighted by Crippen LogP contribution is -2.33. The summed E-state index contributed by atoms with van der Waals surface area (Å²) >= 11 is 0. The van der Waals surface area contributed by atoms with E-state index < -0.39 is 0 Å². The first-order chi connectivity index (χ1) is 12.0. The molecule has 25 heavy (non-hydrogen) atoms. The number of nitrogens with one attached hydrogen (secondary N) is 3. The van der Waals surface area contributed by atoms with E-state index in [1.54, 1.807) is 23.8 Å². The number of H-pyrrole nitrogens is 1. The van der Waals surface area contributed by atoms with Gasteiger partial charge < -0.3 is 9.72 Å². The normalized spacial score (nSPS) is 21.8. The fraction of sp³-hybridized carbons (Fsp3) is 0.444. The quantitative estimate of drug-likeness (QED) is 0.344. The molecule has 0 amide bonds. The minimum atomic E-state index is -0.315. The summed E-state index contributed by atoms with van der Waals surface area (Å²) in [7, 11) is 0. The molecule has 0 aliphatic heterocycles. The average Bonchev–Trinajstić information content (AvgIpc) is 3.20. The van der Waals surface area contributed by atoms with Crippen molar-refractivity contribution in [1.82, 2.24) is 14.5 Å². The predicted molar refractivity (Wildman–Crippen MR) is 94.3 cm³/mol. The lowest BCUT2D eigenvalue weighted by Gasteiger charge is -2.21. The molecule has 3 rings (SSSR count). The number of aromatic nitrogens is 3. The monoisotopic (exact) mass is 341 g/mol. The van der Waals surface area contributed by atoms with E-state index in [1.165, 1.54) is 6.20 Å². The molecule has 2 unspecified atom stereocenters. The number of nitrogens with zero attached hydrogens (tertiary/aromatic N) is 2. The SMILES string of the molecule is CCOC(=O)/C=C1\CC(CC)C(C(=N)n2c(=N)cnc3[nH]ccc32)C1. The highest BCUT2D eigenvalue weighted by Crippen LogP contribution is 2.39. The second-order valence-corrected chi connectivity index (χ2v) is 6.31. The molecule has 2 heterocycles. The van der Waals surface area contributed by atoms with Gasteiger partial charge in [-0.25, -0.2) is 9.78 Å². The Bertz CT molecular complexity index is 892. The second kappa shape index (κ2) is 7.04. The largest absolute Gasteiger partial charge is 0.463 e. The standard InChI is InChI=1S/C18H23N5O2/c1-3-12-7-11(9-16(24)25-4-2)8-13(12)17(20)23-14-5-6-21-18(14)22-10-15(23)19/h5-6,9-10,12-13,19-21H,3-4,7-8H2,1-2H3/b11-9+,19-15?,20-17?. The molecule has 1 aliphatic rings. The van der Waals surface area contributed by atoms with Gasteiger partial charge >= 0.3 is 5.97 Å². The fourth-order valence-corrected chi connectivity index (χ4v) is 3.60. The molecule has 2 aromatic heterocycles. The summed E-state index contributed by atoms with van der Waals surface area (Å²) < 4.78 is 6.64. The van der Waals surface area contributed by atoms with Crippen LogP contribution < -0.4 is 5.49 Å². The zero-order valence-corrected chi connectivity index (χ0v) is 14.5. The van der Waals surface area contributed by atoms with E-state index >= 15 is 0 Å². The molecule has 0 radical (unpaired) electrons. The minimum Gasteiger partial charge on any atom is -0.463 e. The second-order valence-electron chi connectivity index (χ2n) is 6.31. The predicted octanol–water partition coefficient (Wildman–Crippen LogP) is 2.59. The van der Waals surface area contributed by atoms with E-state index in [0.29, 0.717) is 24.5 Å². The number of hydrogen-bond donors (Lipinski definition) is 3. The van der Waals surface area contributed by atoms with Crippen LogP contribution in [0.3, 0.4) is 0 Å². The van der Waals surface area contributed by atoms with E-state index in [0.717, 1.165) is 23.9 Å². The summed E-state index contributed by atoms with van der Waals surface area (Å²) in [6, 6.07) is 1.83. The zero-order chi connectivity index (χ0) is 18.0. The molecule has 7 heteroatoms. The summed E-state index contributed by atoms with van der Waals surface area (Å²) in [6.07, 6.45) is 7.15. The molecule has 132 valence electrons. The van der Waals surface area contributed by atoms with E-state index in [2.05, 4.69) is 16.9 Å². The van der Waals surface area contributed by atoms with Crippen molar-refractivity contribution >= 4 is 23.0 Å². The molecule has 0 bridgehead atoms. The minimum absolute atomic E-state index is 0.0275. The smallest absolute Gasteiger partial charge is 0.330 e. The van der Waals surface area contributed by atoms with Crippen molar-refractivity contribution in [2.45, 2.75) is 33.1 Å². The number of carbonyl (C=O) groups is 1. The maximum absolute atomic E-state index is 11.7. The van der Waals surface area contributed by atoms with Crippen LogP contribution in [0.2, 0.25) is 0 Å². The van der Waals surface area contributed by atoms with Crippen molar-refractivity contribution in [1.29, 1.82) is 10.8 Å². The van der Waals surface area contributed by atoms with E-state index in [4.69, 9.17) is 15.6 Å². The van der Waals surface area contributed by atoms with Gasteiger partial charge in [-0.2, -0.15) is 0 Å². The van der Waals surface area contributed by atoms with Gasteiger partial charge in [0.1, 0.15) is 11.3 Å². The van der Waals surface area contributed by atoms with Crippen molar-refractivity contribution < 1.29 is 9.53 Å². The van der Waals surface area contributed by atoms with Gasteiger partial charge in [-0.05, 0) is 31.7 Å². The Balaban J connectivity index is 1.93. The first kappa shape index (κ1) is 17.1. The molecule has 2 aromatic rings. The highest BCUT2D eigenvalue weighted by molar-refractivity contribution is 5.92. The molecule has 0 spiro atoms. The molecule has 1 fully saturated rings. The Morgan fingerprint density at radius 3 is 3.00 bits per heavy atom. The van der Waals surface area contributed by atoms with Gasteiger partial charge in [0.2, 0.25) is 0 Å². The van der Waals surface area contributed by atoms with E-state index in [1.807, 2.05) is 6.07 Å². The number of aromatic amines is 1. The van der Waals surface area contributed by atoms with Crippen molar-refractivity contribution in [3.05, 3.63) is 35.6 Å². The first-order valence-electron chi connectivity index (χ1n) is 8.59. The van der Waals surface area contributed by atoms with Gasteiger partial charge in [0, 0.05) is 18.2 Å². The van der Waals surface area contributed by atoms with Crippen LogP contribution in [-0.4, -0.2) is 32.9 Å². The molecule has 2 atom stereocenters. The number of allylic oxidation sites excluding steroid dienone is 1. The summed E-state index contributed by atoms with van der Waals surface area (Å²) in [5, 5.41) is 16.9. The number of carbonyl (C=O) groups excluding carboxylic acids is 1. The van der Waals surface area contributed by atoms with Crippen LogP contribution in [0.4, 0.5) is 0 Å². The topological polar surface area (TPSA) is 108 Å². The Morgan fingerprint density at radius 1 is 1.48 bits per heavy atom. The van der Waals surface area contributed by atoms with Crippen molar-refractivity contribution in [2.24, 2.45) is 11.8 Å². The van der Waals surface area contributed by atoms with Crippen molar-refractivity contribution in [3.8, 4) is 0 Å². The highest BCUT2D eigenvalue weighted by Gasteiger charge is 2.34. The summed E-state index contributed by atoms with van der Waals surface area (Å²) in [4.78, 5) is 18.9. The van der Waals surface area contributed by atoms with Crippen LogP contribution in [0.15, 0.2) is 30.1 Å². The Morgan fingerprint density at radius 2 is 2.28 bits per heavy atom. The van der Waals surface area contributed by atoms with Crippen LogP contribution in [0.5, 0.6) is 0 Å². The van der Waals surface area contributed by atoms with Gasteiger partial charge in [0.05, 0.1) is 18.3 Å². The molecule has 1 saturated carbocycles. The number of fused-ring (bicyclic) bond motifs is 1. The summed E-state index contributed by atoms with van der Waals surface area (Å²) in [5.41, 5.74) is 2.60. The molecule has 1 aliphatic carbocycles. The third-order valence-corrected chi connectivity index (χ3v) is 4.80. The number of ether oxygens (including phenoxy) is 1.